The molecule has 2 heterocycles. The van der Waals surface area contributed by atoms with Gasteiger partial charge in [-0.3, -0.25) is 4.79 Å². The molecule has 1 aliphatic heterocycles. The van der Waals surface area contributed by atoms with Crippen LogP contribution in [0.15, 0.2) is 40.8 Å². The van der Waals surface area contributed by atoms with Gasteiger partial charge in [0.25, 0.3) is 5.91 Å². The van der Waals surface area contributed by atoms with Crippen LogP contribution in [0.25, 0.3) is 0 Å². The summed E-state index contributed by atoms with van der Waals surface area (Å²) >= 11 is 0. The van der Waals surface area contributed by atoms with Crippen molar-refractivity contribution < 1.29 is 18.3 Å². The molecule has 2 N–H and O–H groups in total. The van der Waals surface area contributed by atoms with Crippen LogP contribution >= 0.6 is 0 Å². The number of hydrogen-bond donors (Lipinski definition) is 2. The smallest absolute Gasteiger partial charge is 0.287 e. The van der Waals surface area contributed by atoms with Gasteiger partial charge in [-0.2, -0.15) is 0 Å². The third-order valence-corrected chi connectivity index (χ3v) is 4.22. The van der Waals surface area contributed by atoms with Crippen LogP contribution in [0.4, 0.5) is 4.39 Å². The largest absolute Gasteiger partial charge is 0.486 e. The number of carbonyl (C=O) groups excluding carboxylic acids is 1. The van der Waals surface area contributed by atoms with Gasteiger partial charge >= 0.3 is 0 Å². The molecule has 3 rings (SSSR count). The number of carbonyl (C=O) groups is 1. The monoisotopic (exact) mass is 332 g/mol. The number of ether oxygens (including phenoxy) is 1. The van der Waals surface area contributed by atoms with Gasteiger partial charge in [0, 0.05) is 12.6 Å². The summed E-state index contributed by atoms with van der Waals surface area (Å²) in [5.74, 6) is 1.26. The number of amides is 1. The zero-order valence-electron chi connectivity index (χ0n) is 13.5. The van der Waals surface area contributed by atoms with Crippen LogP contribution in [0.2, 0.25) is 0 Å². The highest BCUT2D eigenvalue weighted by atomic mass is 19.1. The molecule has 5 nitrogen and oxygen atoms in total. The Morgan fingerprint density at radius 1 is 1.33 bits per heavy atom. The Hall–Kier alpha value is -2.34. The van der Waals surface area contributed by atoms with Gasteiger partial charge in [0.05, 0.1) is 0 Å². The minimum Gasteiger partial charge on any atom is -0.486 e. The quantitative estimate of drug-likeness (QED) is 0.884. The highest BCUT2D eigenvalue weighted by Crippen LogP contribution is 2.16. The summed E-state index contributed by atoms with van der Waals surface area (Å²) in [5, 5.41) is 6.28. The first-order valence-electron chi connectivity index (χ1n) is 8.10. The second kappa shape index (κ2) is 7.49. The van der Waals surface area contributed by atoms with E-state index in [1.807, 2.05) is 0 Å². The first kappa shape index (κ1) is 16.5. The van der Waals surface area contributed by atoms with E-state index in [2.05, 4.69) is 17.6 Å². The molecular formula is C18H21FN2O3. The van der Waals surface area contributed by atoms with Gasteiger partial charge in [-0.05, 0) is 55.3 Å². The van der Waals surface area contributed by atoms with E-state index in [0.717, 1.165) is 19.5 Å². The van der Waals surface area contributed by atoms with Crippen molar-refractivity contribution in [1.82, 2.24) is 10.6 Å². The highest BCUT2D eigenvalue weighted by molar-refractivity contribution is 5.91. The van der Waals surface area contributed by atoms with Crippen LogP contribution in [-0.2, 0) is 6.61 Å². The lowest BCUT2D eigenvalue weighted by Crippen LogP contribution is -2.50. The van der Waals surface area contributed by atoms with E-state index in [-0.39, 0.29) is 30.1 Å². The van der Waals surface area contributed by atoms with Gasteiger partial charge in [-0.15, -0.1) is 0 Å². The van der Waals surface area contributed by atoms with Crippen LogP contribution in [0, 0.1) is 11.7 Å². The Balaban J connectivity index is 1.54. The van der Waals surface area contributed by atoms with Gasteiger partial charge in [-0.25, -0.2) is 4.39 Å². The summed E-state index contributed by atoms with van der Waals surface area (Å²) in [5.41, 5.74) is 0. The van der Waals surface area contributed by atoms with Crippen molar-refractivity contribution in [1.29, 1.82) is 0 Å². The molecule has 128 valence electrons. The van der Waals surface area contributed by atoms with E-state index in [9.17, 15) is 9.18 Å². The van der Waals surface area contributed by atoms with Crippen LogP contribution in [0.1, 0.15) is 29.7 Å². The molecule has 24 heavy (non-hydrogen) atoms. The van der Waals surface area contributed by atoms with Gasteiger partial charge < -0.3 is 19.8 Å². The Bertz CT molecular complexity index is 684. The van der Waals surface area contributed by atoms with Crippen molar-refractivity contribution in [2.45, 2.75) is 26.0 Å². The first-order chi connectivity index (χ1) is 11.6. The number of halogens is 1. The Labute approximate surface area is 140 Å². The second-order valence-electron chi connectivity index (χ2n) is 6.06. The fraction of sp³-hybridized carbons (Fsp3) is 0.389. The molecular weight excluding hydrogens is 311 g/mol. The predicted octanol–water partition coefficient (Wildman–Crippen LogP) is 2.73. The second-order valence-corrected chi connectivity index (χ2v) is 6.06. The lowest BCUT2D eigenvalue weighted by molar-refractivity contribution is 0.0883. The van der Waals surface area contributed by atoms with Crippen LogP contribution < -0.4 is 15.4 Å². The van der Waals surface area contributed by atoms with E-state index < -0.39 is 0 Å². The summed E-state index contributed by atoms with van der Waals surface area (Å²) < 4.78 is 23.9. The summed E-state index contributed by atoms with van der Waals surface area (Å²) in [6.07, 6.45) is 1.04. The lowest BCUT2D eigenvalue weighted by atomic mass is 9.95. The average Bonchev–Trinajstić information content (AvgIpc) is 3.06. The van der Waals surface area contributed by atoms with Crippen molar-refractivity contribution in [3.05, 3.63) is 53.7 Å². The van der Waals surface area contributed by atoms with Crippen LogP contribution in [0.3, 0.4) is 0 Å². The van der Waals surface area contributed by atoms with E-state index in [4.69, 9.17) is 9.15 Å². The van der Waals surface area contributed by atoms with Gasteiger partial charge in [-0.1, -0.05) is 6.92 Å². The molecule has 1 fully saturated rings. The number of nitrogens with one attached hydrogen (secondary N) is 2. The molecule has 1 saturated heterocycles. The third kappa shape index (κ3) is 4.14. The Kier molecular flexibility index (Phi) is 5.15. The fourth-order valence-electron chi connectivity index (χ4n) is 2.69. The van der Waals surface area contributed by atoms with Gasteiger partial charge in [0.15, 0.2) is 5.76 Å². The van der Waals surface area contributed by atoms with Crippen LogP contribution in [0.5, 0.6) is 5.75 Å². The maximum absolute atomic E-state index is 12.8. The van der Waals surface area contributed by atoms with E-state index in [0.29, 0.717) is 17.4 Å². The number of rotatable bonds is 5. The molecule has 0 radical (unpaired) electrons. The summed E-state index contributed by atoms with van der Waals surface area (Å²) in [6.45, 7) is 4.07. The number of piperidine rings is 1. The molecule has 2 unspecified atom stereocenters. The third-order valence-electron chi connectivity index (χ3n) is 4.22. The van der Waals surface area contributed by atoms with Crippen molar-refractivity contribution in [2.24, 2.45) is 5.92 Å². The first-order valence-corrected chi connectivity index (χ1v) is 8.10. The zero-order valence-corrected chi connectivity index (χ0v) is 13.5. The standard InChI is InChI=1S/C18H21FN2O3/c1-12-8-9-20-10-16(12)21-18(22)17-7-6-15(24-17)11-23-14-4-2-13(19)3-5-14/h2-7,12,16,20H,8-11H2,1H3,(H,21,22). The molecule has 0 spiro atoms. The minimum atomic E-state index is -0.314. The molecule has 1 aromatic carbocycles. The van der Waals surface area contributed by atoms with Gasteiger partial charge in [0.1, 0.15) is 23.9 Å². The summed E-state index contributed by atoms with van der Waals surface area (Å²) in [4.78, 5) is 12.3. The maximum atomic E-state index is 12.8. The van der Waals surface area contributed by atoms with E-state index in [1.165, 1.54) is 12.1 Å². The molecule has 0 aliphatic carbocycles. The van der Waals surface area contributed by atoms with Crippen molar-refractivity contribution in [3.8, 4) is 5.75 Å². The van der Waals surface area contributed by atoms with Crippen LogP contribution in [-0.4, -0.2) is 25.0 Å². The van der Waals surface area contributed by atoms with Crippen molar-refractivity contribution >= 4 is 5.91 Å². The summed E-state index contributed by atoms with van der Waals surface area (Å²) in [7, 11) is 0. The Morgan fingerprint density at radius 3 is 2.88 bits per heavy atom. The molecule has 1 aromatic heterocycles. The molecule has 0 bridgehead atoms. The van der Waals surface area contributed by atoms with E-state index in [1.54, 1.807) is 24.3 Å². The zero-order chi connectivity index (χ0) is 16.9. The number of furan rings is 1. The molecule has 0 saturated carbocycles. The highest BCUT2D eigenvalue weighted by Gasteiger charge is 2.24. The van der Waals surface area contributed by atoms with Gasteiger partial charge in [0.2, 0.25) is 0 Å². The predicted molar refractivity (Wildman–Crippen MR) is 87.3 cm³/mol. The molecule has 6 heteroatoms. The number of benzene rings is 1. The minimum absolute atomic E-state index is 0.107. The maximum Gasteiger partial charge on any atom is 0.287 e. The molecule has 1 amide bonds. The fourth-order valence-corrected chi connectivity index (χ4v) is 2.69. The van der Waals surface area contributed by atoms with Crippen molar-refractivity contribution in [3.63, 3.8) is 0 Å². The van der Waals surface area contributed by atoms with Crippen molar-refractivity contribution in [2.75, 3.05) is 13.1 Å². The lowest BCUT2D eigenvalue weighted by Gasteiger charge is -2.29. The number of hydrogen-bond acceptors (Lipinski definition) is 4. The SMILES string of the molecule is CC1CCNCC1NC(=O)c1ccc(COc2ccc(F)cc2)o1. The molecule has 2 atom stereocenters. The molecule has 2 aromatic rings. The molecule has 1 aliphatic rings. The Morgan fingerprint density at radius 2 is 2.12 bits per heavy atom. The average molecular weight is 332 g/mol. The topological polar surface area (TPSA) is 63.5 Å². The normalized spacial score (nSPS) is 20.6. The van der Waals surface area contributed by atoms with E-state index >= 15 is 0 Å². The summed E-state index contributed by atoms with van der Waals surface area (Å²) in [6, 6.07) is 9.20.